The summed E-state index contributed by atoms with van der Waals surface area (Å²) in [6, 6.07) is 7.03. The molecule has 0 saturated carbocycles. The van der Waals surface area contributed by atoms with Crippen LogP contribution in [-0.2, 0) is 17.3 Å². The zero-order chi connectivity index (χ0) is 14.5. The number of benzene rings is 1. The lowest BCUT2D eigenvalue weighted by atomic mass is 9.62. The van der Waals surface area contributed by atoms with Crippen molar-refractivity contribution in [2.24, 2.45) is 0 Å². The van der Waals surface area contributed by atoms with Gasteiger partial charge in [-0.2, -0.15) is 5.26 Å². The predicted octanol–water partition coefficient (Wildman–Crippen LogP) is 4.89. The van der Waals surface area contributed by atoms with E-state index in [0.717, 1.165) is 12.8 Å². The third kappa shape index (κ3) is 1.90. The lowest BCUT2D eigenvalue weighted by molar-refractivity contribution is 0.331. The Kier molecular flexibility index (Phi) is 2.83. The van der Waals surface area contributed by atoms with Crippen LogP contribution < -0.4 is 0 Å². The van der Waals surface area contributed by atoms with Gasteiger partial charge in [0.15, 0.2) is 0 Å². The molecule has 0 bridgehead atoms. The zero-order valence-corrected chi connectivity index (χ0v) is 13.0. The second kappa shape index (κ2) is 4.22. The summed E-state index contributed by atoms with van der Waals surface area (Å²) in [4.78, 5) is 0. The first-order chi connectivity index (χ1) is 9.35. The molecular weight excluding hydrogens is 242 g/mol. The van der Waals surface area contributed by atoms with E-state index in [9.17, 15) is 0 Å². The highest BCUT2D eigenvalue weighted by Gasteiger charge is 2.38. The second-order valence-electron chi connectivity index (χ2n) is 7.62. The fraction of sp³-hybridized carbons (Fsp3) is 0.526. The van der Waals surface area contributed by atoms with E-state index < -0.39 is 0 Å². The first kappa shape index (κ1) is 13.4. The van der Waals surface area contributed by atoms with Gasteiger partial charge in [0.2, 0.25) is 0 Å². The molecule has 0 heterocycles. The van der Waals surface area contributed by atoms with Crippen molar-refractivity contribution in [3.05, 3.63) is 40.5 Å². The fourth-order valence-corrected chi connectivity index (χ4v) is 3.80. The minimum absolute atomic E-state index is 0.250. The molecule has 1 nitrogen and oxygen atoms in total. The molecule has 1 aromatic carbocycles. The molecule has 1 heteroatoms. The Morgan fingerprint density at radius 1 is 1.00 bits per heavy atom. The van der Waals surface area contributed by atoms with Crippen molar-refractivity contribution in [1.29, 1.82) is 5.26 Å². The molecule has 104 valence electrons. The molecule has 0 N–H and O–H groups in total. The largest absolute Gasteiger partial charge is 0.193 e. The molecule has 1 aromatic rings. The van der Waals surface area contributed by atoms with Crippen LogP contribution in [0.25, 0.3) is 5.57 Å². The minimum Gasteiger partial charge on any atom is -0.193 e. The van der Waals surface area contributed by atoms with Gasteiger partial charge in [-0.15, -0.1) is 0 Å². The van der Waals surface area contributed by atoms with E-state index >= 15 is 0 Å². The Morgan fingerprint density at radius 3 is 2.20 bits per heavy atom. The van der Waals surface area contributed by atoms with E-state index in [1.807, 2.05) is 0 Å². The van der Waals surface area contributed by atoms with Crippen molar-refractivity contribution in [2.45, 2.75) is 64.2 Å². The molecule has 0 amide bonds. The van der Waals surface area contributed by atoms with Crippen molar-refractivity contribution >= 4 is 5.57 Å². The van der Waals surface area contributed by atoms with Crippen molar-refractivity contribution in [3.63, 3.8) is 0 Å². The van der Waals surface area contributed by atoms with Crippen LogP contribution in [0.4, 0.5) is 0 Å². The molecule has 0 radical (unpaired) electrons. The Bertz CT molecular complexity index is 638. The summed E-state index contributed by atoms with van der Waals surface area (Å²) in [5.41, 5.74) is 7.56. The molecule has 0 aromatic heterocycles. The SMILES string of the molecule is CC1(C)CCC(C)(C)c2cc3c(cc21)CCC3=CC#N. The van der Waals surface area contributed by atoms with Crippen molar-refractivity contribution in [3.8, 4) is 6.07 Å². The predicted molar refractivity (Wildman–Crippen MR) is 83.6 cm³/mol. The quantitative estimate of drug-likeness (QED) is 0.613. The fourth-order valence-electron chi connectivity index (χ4n) is 3.80. The minimum atomic E-state index is 0.250. The van der Waals surface area contributed by atoms with Crippen LogP contribution in [0.5, 0.6) is 0 Å². The maximum atomic E-state index is 8.95. The van der Waals surface area contributed by atoms with Gasteiger partial charge in [-0.1, -0.05) is 39.8 Å². The lowest BCUT2D eigenvalue weighted by Gasteiger charge is -2.42. The van der Waals surface area contributed by atoms with Gasteiger partial charge >= 0.3 is 0 Å². The summed E-state index contributed by atoms with van der Waals surface area (Å²) in [6.07, 6.45) is 6.34. The number of nitriles is 1. The highest BCUT2D eigenvalue weighted by Crippen LogP contribution is 2.48. The molecule has 0 saturated heterocycles. The van der Waals surface area contributed by atoms with Gasteiger partial charge in [0, 0.05) is 6.08 Å². The molecule has 2 aliphatic carbocycles. The molecule has 0 aliphatic heterocycles. The standard InChI is InChI=1S/C19H23N/c1-18(2)8-9-19(3,4)17-12-15-13(7-10-20)5-6-14(15)11-16(17)18/h7,11-12H,5-6,8-9H2,1-4H3. The van der Waals surface area contributed by atoms with E-state index in [1.54, 1.807) is 6.08 Å². The Morgan fingerprint density at radius 2 is 1.60 bits per heavy atom. The van der Waals surface area contributed by atoms with Crippen LogP contribution in [0.3, 0.4) is 0 Å². The normalized spacial score (nSPS) is 24.1. The summed E-state index contributed by atoms with van der Waals surface area (Å²) < 4.78 is 0. The van der Waals surface area contributed by atoms with Crippen molar-refractivity contribution in [2.75, 3.05) is 0 Å². The lowest BCUT2D eigenvalue weighted by Crippen LogP contribution is -2.34. The summed E-state index contributed by atoms with van der Waals surface area (Å²) in [7, 11) is 0. The van der Waals surface area contributed by atoms with Crippen molar-refractivity contribution in [1.82, 2.24) is 0 Å². The number of rotatable bonds is 0. The summed E-state index contributed by atoms with van der Waals surface area (Å²) in [5, 5.41) is 8.95. The van der Waals surface area contributed by atoms with Gasteiger partial charge < -0.3 is 0 Å². The molecule has 0 atom stereocenters. The van der Waals surface area contributed by atoms with Gasteiger partial charge in [-0.3, -0.25) is 0 Å². The second-order valence-corrected chi connectivity index (χ2v) is 7.62. The Balaban J connectivity index is 2.24. The topological polar surface area (TPSA) is 23.8 Å². The monoisotopic (exact) mass is 265 g/mol. The Hall–Kier alpha value is -1.55. The summed E-state index contributed by atoms with van der Waals surface area (Å²) in [5.74, 6) is 0. The number of nitrogens with zero attached hydrogens (tertiary/aromatic N) is 1. The first-order valence-corrected chi connectivity index (χ1v) is 7.62. The molecule has 0 spiro atoms. The maximum absolute atomic E-state index is 8.95. The average Bonchev–Trinajstić information content (AvgIpc) is 2.77. The van der Waals surface area contributed by atoms with Crippen LogP contribution in [0, 0.1) is 11.3 Å². The molecule has 0 fully saturated rings. The van der Waals surface area contributed by atoms with Crippen LogP contribution in [0.15, 0.2) is 18.2 Å². The Labute approximate surface area is 122 Å². The molecule has 2 aliphatic rings. The van der Waals surface area contributed by atoms with Gasteiger partial charge in [0.1, 0.15) is 0 Å². The number of hydrogen-bond acceptors (Lipinski definition) is 1. The van der Waals surface area contributed by atoms with Crippen LogP contribution in [-0.4, -0.2) is 0 Å². The first-order valence-electron chi connectivity index (χ1n) is 7.62. The number of hydrogen-bond donors (Lipinski definition) is 0. The van der Waals surface area contributed by atoms with Crippen LogP contribution in [0.2, 0.25) is 0 Å². The van der Waals surface area contributed by atoms with Gasteiger partial charge in [-0.05, 0) is 64.3 Å². The van der Waals surface area contributed by atoms with E-state index in [0.29, 0.717) is 0 Å². The third-order valence-electron chi connectivity index (χ3n) is 5.33. The maximum Gasteiger partial charge on any atom is 0.0915 e. The number of allylic oxidation sites excluding steroid dienone is 2. The highest BCUT2D eigenvalue weighted by atomic mass is 14.4. The molecular formula is C19H23N. The average molecular weight is 265 g/mol. The third-order valence-corrected chi connectivity index (χ3v) is 5.33. The molecule has 20 heavy (non-hydrogen) atoms. The van der Waals surface area contributed by atoms with E-state index in [-0.39, 0.29) is 10.8 Å². The van der Waals surface area contributed by atoms with Gasteiger partial charge in [0.05, 0.1) is 6.07 Å². The summed E-state index contributed by atoms with van der Waals surface area (Å²) in [6.45, 7) is 9.45. The smallest absolute Gasteiger partial charge is 0.0915 e. The number of fused-ring (bicyclic) bond motifs is 2. The molecule has 0 unspecified atom stereocenters. The van der Waals surface area contributed by atoms with Gasteiger partial charge in [-0.25, -0.2) is 0 Å². The van der Waals surface area contributed by atoms with Crippen LogP contribution >= 0.6 is 0 Å². The molecule has 3 rings (SSSR count). The van der Waals surface area contributed by atoms with Crippen molar-refractivity contribution < 1.29 is 0 Å². The number of aryl methyl sites for hydroxylation is 1. The van der Waals surface area contributed by atoms with Crippen LogP contribution in [0.1, 0.15) is 69.2 Å². The van der Waals surface area contributed by atoms with E-state index in [2.05, 4.69) is 45.9 Å². The van der Waals surface area contributed by atoms with E-state index in [4.69, 9.17) is 5.26 Å². The van der Waals surface area contributed by atoms with Gasteiger partial charge in [0.25, 0.3) is 0 Å². The summed E-state index contributed by atoms with van der Waals surface area (Å²) >= 11 is 0. The zero-order valence-electron chi connectivity index (χ0n) is 13.0. The van der Waals surface area contributed by atoms with E-state index in [1.165, 1.54) is 40.7 Å². The highest BCUT2D eigenvalue weighted by molar-refractivity contribution is 5.75.